The molecule has 1 aliphatic rings. The van der Waals surface area contributed by atoms with Gasteiger partial charge < -0.3 is 9.84 Å². The second kappa shape index (κ2) is 2.67. The van der Waals surface area contributed by atoms with Gasteiger partial charge in [-0.15, -0.1) is 0 Å². The SMILES string of the molecule is CC1CC(O)CO[C@@H]1C. The van der Waals surface area contributed by atoms with Crippen molar-refractivity contribution in [3.63, 3.8) is 0 Å². The van der Waals surface area contributed by atoms with E-state index in [1.807, 2.05) is 0 Å². The van der Waals surface area contributed by atoms with Gasteiger partial charge in [-0.05, 0) is 19.3 Å². The Kier molecular flexibility index (Phi) is 2.09. The lowest BCUT2D eigenvalue weighted by molar-refractivity contribution is -0.0763. The van der Waals surface area contributed by atoms with Crippen LogP contribution in [-0.2, 0) is 4.74 Å². The summed E-state index contributed by atoms with van der Waals surface area (Å²) in [4.78, 5) is 0. The maximum Gasteiger partial charge on any atom is 0.0777 e. The number of hydrogen-bond donors (Lipinski definition) is 1. The van der Waals surface area contributed by atoms with E-state index in [1.54, 1.807) is 0 Å². The van der Waals surface area contributed by atoms with Crippen molar-refractivity contribution in [2.24, 2.45) is 5.92 Å². The van der Waals surface area contributed by atoms with Gasteiger partial charge in [-0.2, -0.15) is 0 Å². The molecule has 1 saturated heterocycles. The fourth-order valence-electron chi connectivity index (χ4n) is 1.12. The van der Waals surface area contributed by atoms with Crippen molar-refractivity contribution in [1.82, 2.24) is 0 Å². The molecule has 54 valence electrons. The average molecular weight is 130 g/mol. The van der Waals surface area contributed by atoms with Gasteiger partial charge in [0.2, 0.25) is 0 Å². The van der Waals surface area contributed by atoms with Crippen LogP contribution in [0.2, 0.25) is 0 Å². The largest absolute Gasteiger partial charge is 0.391 e. The van der Waals surface area contributed by atoms with Crippen molar-refractivity contribution in [2.75, 3.05) is 6.61 Å². The van der Waals surface area contributed by atoms with Crippen LogP contribution >= 0.6 is 0 Å². The number of aliphatic hydroxyl groups excluding tert-OH is 1. The molecule has 1 heterocycles. The van der Waals surface area contributed by atoms with E-state index in [4.69, 9.17) is 9.84 Å². The van der Waals surface area contributed by atoms with E-state index in [2.05, 4.69) is 13.8 Å². The quantitative estimate of drug-likeness (QED) is 0.525. The first-order valence-corrected chi connectivity index (χ1v) is 3.50. The average Bonchev–Trinajstić information content (AvgIpc) is 1.80. The van der Waals surface area contributed by atoms with Gasteiger partial charge in [0.05, 0.1) is 18.8 Å². The number of ether oxygens (including phenoxy) is 1. The molecule has 9 heavy (non-hydrogen) atoms. The monoisotopic (exact) mass is 130 g/mol. The van der Waals surface area contributed by atoms with Gasteiger partial charge in [-0.25, -0.2) is 0 Å². The Labute approximate surface area is 55.8 Å². The molecule has 0 spiro atoms. The molecule has 2 nitrogen and oxygen atoms in total. The molecule has 0 aliphatic carbocycles. The zero-order valence-corrected chi connectivity index (χ0v) is 6.00. The van der Waals surface area contributed by atoms with E-state index >= 15 is 0 Å². The molecule has 2 heteroatoms. The second-order valence-corrected chi connectivity index (χ2v) is 2.91. The lowest BCUT2D eigenvalue weighted by atomic mass is 9.96. The highest BCUT2D eigenvalue weighted by atomic mass is 16.5. The van der Waals surface area contributed by atoms with E-state index in [1.165, 1.54) is 0 Å². The topological polar surface area (TPSA) is 29.5 Å². The number of rotatable bonds is 0. The van der Waals surface area contributed by atoms with Crippen molar-refractivity contribution < 1.29 is 9.84 Å². The summed E-state index contributed by atoms with van der Waals surface area (Å²) in [6.07, 6.45) is 0.992. The second-order valence-electron chi connectivity index (χ2n) is 2.91. The summed E-state index contributed by atoms with van der Waals surface area (Å²) in [6.45, 7) is 4.68. The minimum atomic E-state index is -0.226. The van der Waals surface area contributed by atoms with Crippen LogP contribution in [0, 0.1) is 5.92 Å². The summed E-state index contributed by atoms with van der Waals surface area (Å²) >= 11 is 0. The summed E-state index contributed by atoms with van der Waals surface area (Å²) in [5, 5.41) is 9.07. The predicted molar refractivity (Wildman–Crippen MR) is 35.2 cm³/mol. The number of aliphatic hydroxyl groups is 1. The molecule has 1 aliphatic heterocycles. The highest BCUT2D eigenvalue weighted by molar-refractivity contribution is 4.71. The Bertz CT molecular complexity index is 92.9. The first-order chi connectivity index (χ1) is 4.20. The molecule has 1 rings (SSSR count). The number of hydrogen-bond acceptors (Lipinski definition) is 2. The molecule has 0 bridgehead atoms. The standard InChI is InChI=1S/C7H14O2/c1-5-3-7(8)4-9-6(5)2/h5-8H,3-4H2,1-2H3/t5?,6-,7?/m1/s1. The summed E-state index contributed by atoms with van der Waals surface area (Å²) in [7, 11) is 0. The molecular weight excluding hydrogens is 116 g/mol. The fourth-order valence-corrected chi connectivity index (χ4v) is 1.12. The van der Waals surface area contributed by atoms with Crippen molar-refractivity contribution >= 4 is 0 Å². The van der Waals surface area contributed by atoms with Crippen LogP contribution in [0.1, 0.15) is 20.3 Å². The predicted octanol–water partition coefficient (Wildman–Crippen LogP) is 0.792. The summed E-state index contributed by atoms with van der Waals surface area (Å²) in [5.74, 6) is 0.508. The van der Waals surface area contributed by atoms with Crippen molar-refractivity contribution in [3.05, 3.63) is 0 Å². The van der Waals surface area contributed by atoms with E-state index in [-0.39, 0.29) is 6.10 Å². The molecule has 0 amide bonds. The Hall–Kier alpha value is -0.0800. The van der Waals surface area contributed by atoms with Gasteiger partial charge >= 0.3 is 0 Å². The molecule has 0 radical (unpaired) electrons. The lowest BCUT2D eigenvalue weighted by Crippen LogP contribution is -2.33. The lowest BCUT2D eigenvalue weighted by Gasteiger charge is -2.29. The molecule has 0 saturated carbocycles. The maximum atomic E-state index is 9.07. The Balaban J connectivity index is 2.35. The Morgan fingerprint density at radius 3 is 2.56 bits per heavy atom. The highest BCUT2D eigenvalue weighted by Crippen LogP contribution is 2.19. The van der Waals surface area contributed by atoms with Gasteiger partial charge in [0, 0.05) is 0 Å². The van der Waals surface area contributed by atoms with Gasteiger partial charge in [-0.3, -0.25) is 0 Å². The van der Waals surface area contributed by atoms with Crippen LogP contribution < -0.4 is 0 Å². The summed E-state index contributed by atoms with van der Waals surface area (Å²) in [6, 6.07) is 0. The van der Waals surface area contributed by atoms with E-state index < -0.39 is 0 Å². The molecule has 1 N–H and O–H groups in total. The smallest absolute Gasteiger partial charge is 0.0777 e. The third-order valence-corrected chi connectivity index (χ3v) is 2.00. The minimum Gasteiger partial charge on any atom is -0.391 e. The van der Waals surface area contributed by atoms with E-state index in [0.717, 1.165) is 6.42 Å². The van der Waals surface area contributed by atoms with E-state index in [9.17, 15) is 0 Å². The molecule has 0 aromatic rings. The van der Waals surface area contributed by atoms with Crippen LogP contribution in [0.3, 0.4) is 0 Å². The third-order valence-electron chi connectivity index (χ3n) is 2.00. The first-order valence-electron chi connectivity index (χ1n) is 3.50. The molecule has 1 fully saturated rings. The zero-order valence-electron chi connectivity index (χ0n) is 6.00. The normalized spacial score (nSPS) is 45.0. The highest BCUT2D eigenvalue weighted by Gasteiger charge is 2.22. The van der Waals surface area contributed by atoms with Crippen LogP contribution in [0.15, 0.2) is 0 Å². The molecular formula is C7H14O2. The Morgan fingerprint density at radius 1 is 1.44 bits per heavy atom. The third kappa shape index (κ3) is 1.66. The fraction of sp³-hybridized carbons (Fsp3) is 1.00. The van der Waals surface area contributed by atoms with Crippen LogP contribution in [0.25, 0.3) is 0 Å². The van der Waals surface area contributed by atoms with Crippen molar-refractivity contribution in [2.45, 2.75) is 32.5 Å². The maximum absolute atomic E-state index is 9.07. The van der Waals surface area contributed by atoms with Gasteiger partial charge in [0.1, 0.15) is 0 Å². The van der Waals surface area contributed by atoms with Crippen LogP contribution in [0.4, 0.5) is 0 Å². The summed E-state index contributed by atoms with van der Waals surface area (Å²) < 4.78 is 5.25. The zero-order chi connectivity index (χ0) is 6.85. The Morgan fingerprint density at radius 2 is 2.11 bits per heavy atom. The minimum absolute atomic E-state index is 0.226. The van der Waals surface area contributed by atoms with Gasteiger partial charge in [0.25, 0.3) is 0 Å². The van der Waals surface area contributed by atoms with Crippen molar-refractivity contribution in [3.8, 4) is 0 Å². The molecule has 0 aromatic heterocycles. The first kappa shape index (κ1) is 7.03. The molecule has 2 unspecified atom stereocenters. The van der Waals surface area contributed by atoms with Crippen LogP contribution in [-0.4, -0.2) is 23.9 Å². The van der Waals surface area contributed by atoms with Crippen LogP contribution in [0.5, 0.6) is 0 Å². The van der Waals surface area contributed by atoms with Gasteiger partial charge in [-0.1, -0.05) is 6.92 Å². The molecule has 0 aromatic carbocycles. The molecule has 3 atom stereocenters. The van der Waals surface area contributed by atoms with Crippen molar-refractivity contribution in [1.29, 1.82) is 0 Å². The summed E-state index contributed by atoms with van der Waals surface area (Å²) in [5.41, 5.74) is 0. The van der Waals surface area contributed by atoms with E-state index in [0.29, 0.717) is 18.6 Å². The van der Waals surface area contributed by atoms with Gasteiger partial charge in [0.15, 0.2) is 0 Å².